The van der Waals surface area contributed by atoms with Crippen LogP contribution in [0.1, 0.15) is 44.9 Å². The highest BCUT2D eigenvalue weighted by atomic mass is 16.2. The van der Waals surface area contributed by atoms with Crippen molar-refractivity contribution in [3.05, 3.63) is 23.8 Å². The summed E-state index contributed by atoms with van der Waals surface area (Å²) >= 11 is 0. The van der Waals surface area contributed by atoms with Gasteiger partial charge in [0, 0.05) is 19.5 Å². The van der Waals surface area contributed by atoms with Crippen molar-refractivity contribution in [2.24, 2.45) is 0 Å². The lowest BCUT2D eigenvalue weighted by molar-refractivity contribution is -0.128. The van der Waals surface area contributed by atoms with E-state index >= 15 is 0 Å². The van der Waals surface area contributed by atoms with Gasteiger partial charge in [0.15, 0.2) is 0 Å². The Kier molecular flexibility index (Phi) is 4.56. The van der Waals surface area contributed by atoms with Crippen molar-refractivity contribution in [3.63, 3.8) is 0 Å². The average molecular weight is 274 g/mol. The van der Waals surface area contributed by atoms with E-state index in [4.69, 9.17) is 0 Å². The van der Waals surface area contributed by atoms with Crippen molar-refractivity contribution in [1.29, 1.82) is 0 Å². The minimum absolute atomic E-state index is 0.317. The van der Waals surface area contributed by atoms with E-state index in [0.29, 0.717) is 11.9 Å². The van der Waals surface area contributed by atoms with Gasteiger partial charge in [0.2, 0.25) is 5.91 Å². The maximum atomic E-state index is 11.8. The summed E-state index contributed by atoms with van der Waals surface area (Å²) in [5, 5.41) is 0. The molecule has 0 spiro atoms. The molecular formula is C17H26N2O. The van der Waals surface area contributed by atoms with Gasteiger partial charge in [0.25, 0.3) is 0 Å². The number of rotatable bonds is 3. The molecule has 20 heavy (non-hydrogen) atoms. The largest absolute Gasteiger partial charge is 0.336 e. The first-order valence-corrected chi connectivity index (χ1v) is 8.22. The molecule has 1 unspecified atom stereocenters. The first-order valence-electron chi connectivity index (χ1n) is 8.22. The Bertz CT molecular complexity index is 405. The van der Waals surface area contributed by atoms with Gasteiger partial charge in [-0.2, -0.15) is 0 Å². The minimum Gasteiger partial charge on any atom is -0.336 e. The fourth-order valence-electron chi connectivity index (χ4n) is 3.57. The third kappa shape index (κ3) is 3.32. The van der Waals surface area contributed by atoms with E-state index < -0.39 is 0 Å². The Morgan fingerprint density at radius 3 is 2.45 bits per heavy atom. The predicted octanol–water partition coefficient (Wildman–Crippen LogP) is 2.74. The van der Waals surface area contributed by atoms with Crippen LogP contribution in [-0.4, -0.2) is 47.9 Å². The fourth-order valence-corrected chi connectivity index (χ4v) is 3.57. The second-order valence-electron chi connectivity index (χ2n) is 6.32. The number of amides is 1. The SMILES string of the molecule is O=C1CCCN1C1C=CC(CN2CCCCCC2)=CC1. The number of likely N-dealkylation sites (tertiary alicyclic amines) is 2. The minimum atomic E-state index is 0.317. The van der Waals surface area contributed by atoms with Crippen LogP contribution in [0, 0.1) is 0 Å². The molecule has 2 heterocycles. The van der Waals surface area contributed by atoms with Crippen LogP contribution < -0.4 is 0 Å². The Hall–Kier alpha value is -1.09. The lowest BCUT2D eigenvalue weighted by Crippen LogP contribution is -2.35. The van der Waals surface area contributed by atoms with Crippen molar-refractivity contribution in [2.45, 2.75) is 51.0 Å². The maximum Gasteiger partial charge on any atom is 0.223 e. The molecule has 0 aromatic rings. The highest BCUT2D eigenvalue weighted by molar-refractivity contribution is 5.78. The molecule has 2 fully saturated rings. The quantitative estimate of drug-likeness (QED) is 0.790. The summed E-state index contributed by atoms with van der Waals surface area (Å²) in [6.07, 6.45) is 15.1. The molecule has 0 radical (unpaired) electrons. The van der Waals surface area contributed by atoms with Gasteiger partial charge < -0.3 is 4.90 Å². The van der Waals surface area contributed by atoms with Crippen molar-refractivity contribution >= 4 is 5.91 Å². The summed E-state index contributed by atoms with van der Waals surface area (Å²) in [7, 11) is 0. The van der Waals surface area contributed by atoms with Crippen LogP contribution in [0.25, 0.3) is 0 Å². The summed E-state index contributed by atoms with van der Waals surface area (Å²) in [5.41, 5.74) is 1.44. The van der Waals surface area contributed by atoms with E-state index in [0.717, 1.165) is 32.4 Å². The Morgan fingerprint density at radius 1 is 1.05 bits per heavy atom. The first-order chi connectivity index (χ1) is 9.83. The molecule has 3 heteroatoms. The molecule has 110 valence electrons. The van der Waals surface area contributed by atoms with Crippen LogP contribution in [0.3, 0.4) is 0 Å². The molecular weight excluding hydrogens is 248 g/mol. The van der Waals surface area contributed by atoms with E-state index in [9.17, 15) is 4.79 Å². The highest BCUT2D eigenvalue weighted by Gasteiger charge is 2.26. The standard InChI is InChI=1S/C17H26N2O/c20-17-6-5-13-19(17)16-9-7-15(8-10-16)14-18-11-3-1-2-4-12-18/h7-9,16H,1-6,10-14H2. The van der Waals surface area contributed by atoms with Crippen LogP contribution in [-0.2, 0) is 4.79 Å². The first kappa shape index (κ1) is 13.9. The fraction of sp³-hybridized carbons (Fsp3) is 0.706. The Labute approximate surface area is 122 Å². The van der Waals surface area contributed by atoms with Gasteiger partial charge >= 0.3 is 0 Å². The van der Waals surface area contributed by atoms with Gasteiger partial charge in [-0.15, -0.1) is 0 Å². The molecule has 2 aliphatic heterocycles. The Balaban J connectivity index is 1.52. The zero-order chi connectivity index (χ0) is 13.8. The summed E-state index contributed by atoms with van der Waals surface area (Å²) in [6.45, 7) is 4.54. The van der Waals surface area contributed by atoms with E-state index in [2.05, 4.69) is 28.0 Å². The van der Waals surface area contributed by atoms with Crippen molar-refractivity contribution in [2.75, 3.05) is 26.2 Å². The number of carbonyl (C=O) groups is 1. The molecule has 3 aliphatic rings. The summed E-state index contributed by atoms with van der Waals surface area (Å²) in [6, 6.07) is 0.317. The van der Waals surface area contributed by atoms with Gasteiger partial charge in [-0.25, -0.2) is 0 Å². The molecule has 2 saturated heterocycles. The molecule has 0 N–H and O–H groups in total. The smallest absolute Gasteiger partial charge is 0.223 e. The zero-order valence-electron chi connectivity index (χ0n) is 12.4. The Morgan fingerprint density at radius 2 is 1.85 bits per heavy atom. The molecule has 0 aromatic heterocycles. The normalized spacial score (nSPS) is 28.6. The van der Waals surface area contributed by atoms with Crippen LogP contribution >= 0.6 is 0 Å². The number of carbonyl (C=O) groups excluding carboxylic acids is 1. The highest BCUT2D eigenvalue weighted by Crippen LogP contribution is 2.22. The molecule has 1 aliphatic carbocycles. The molecule has 3 nitrogen and oxygen atoms in total. The summed E-state index contributed by atoms with van der Waals surface area (Å²) in [4.78, 5) is 16.4. The molecule has 1 amide bonds. The number of hydrogen-bond donors (Lipinski definition) is 0. The van der Waals surface area contributed by atoms with E-state index in [1.165, 1.54) is 44.3 Å². The second kappa shape index (κ2) is 6.57. The van der Waals surface area contributed by atoms with Crippen LogP contribution in [0.2, 0.25) is 0 Å². The molecule has 0 saturated carbocycles. The van der Waals surface area contributed by atoms with Gasteiger partial charge in [-0.1, -0.05) is 31.1 Å². The van der Waals surface area contributed by atoms with Crippen LogP contribution in [0.4, 0.5) is 0 Å². The number of hydrogen-bond acceptors (Lipinski definition) is 2. The third-order valence-corrected chi connectivity index (χ3v) is 4.77. The molecule has 0 bridgehead atoms. The summed E-state index contributed by atoms with van der Waals surface area (Å²) in [5.74, 6) is 0.337. The summed E-state index contributed by atoms with van der Waals surface area (Å²) < 4.78 is 0. The molecule has 3 rings (SSSR count). The van der Waals surface area contributed by atoms with Gasteiger partial charge in [0.1, 0.15) is 0 Å². The monoisotopic (exact) mass is 274 g/mol. The lowest BCUT2D eigenvalue weighted by atomic mass is 10.0. The van der Waals surface area contributed by atoms with Crippen molar-refractivity contribution in [1.82, 2.24) is 9.80 Å². The van der Waals surface area contributed by atoms with Gasteiger partial charge in [-0.05, 0) is 44.3 Å². The lowest BCUT2D eigenvalue weighted by Gasteiger charge is -2.28. The van der Waals surface area contributed by atoms with E-state index in [-0.39, 0.29) is 0 Å². The van der Waals surface area contributed by atoms with Crippen molar-refractivity contribution < 1.29 is 4.79 Å². The van der Waals surface area contributed by atoms with Gasteiger partial charge in [0.05, 0.1) is 6.04 Å². The zero-order valence-corrected chi connectivity index (χ0v) is 12.4. The van der Waals surface area contributed by atoms with Gasteiger partial charge in [-0.3, -0.25) is 9.69 Å². The van der Waals surface area contributed by atoms with Crippen LogP contribution in [0.15, 0.2) is 23.8 Å². The topological polar surface area (TPSA) is 23.6 Å². The average Bonchev–Trinajstić information content (AvgIpc) is 2.73. The van der Waals surface area contributed by atoms with E-state index in [1.54, 1.807) is 0 Å². The maximum absolute atomic E-state index is 11.8. The van der Waals surface area contributed by atoms with E-state index in [1.807, 2.05) is 0 Å². The number of nitrogens with zero attached hydrogens (tertiary/aromatic N) is 2. The molecule has 1 atom stereocenters. The van der Waals surface area contributed by atoms with Crippen LogP contribution in [0.5, 0.6) is 0 Å². The van der Waals surface area contributed by atoms with Crippen molar-refractivity contribution in [3.8, 4) is 0 Å². The predicted molar refractivity (Wildman–Crippen MR) is 81.5 cm³/mol. The molecule has 0 aromatic carbocycles. The third-order valence-electron chi connectivity index (χ3n) is 4.77. The second-order valence-corrected chi connectivity index (χ2v) is 6.32.